The fourth-order valence-corrected chi connectivity index (χ4v) is 6.35. The molecule has 1 N–H and O–H groups in total. The van der Waals surface area contributed by atoms with Gasteiger partial charge >= 0.3 is 0 Å². The van der Waals surface area contributed by atoms with Crippen LogP contribution in [-0.4, -0.2) is 24.6 Å². The first-order chi connectivity index (χ1) is 15.8. The maximum absolute atomic E-state index is 5.00. The molecule has 1 unspecified atom stereocenters. The monoisotopic (exact) mass is 458 g/mol. The first kappa shape index (κ1) is 19.7. The van der Waals surface area contributed by atoms with Crippen molar-refractivity contribution in [2.75, 3.05) is 5.32 Å². The van der Waals surface area contributed by atoms with E-state index in [0.29, 0.717) is 0 Å². The predicted molar refractivity (Wildman–Crippen MR) is 130 cm³/mol. The normalized spacial score (nSPS) is 14.2. The van der Waals surface area contributed by atoms with Crippen LogP contribution in [0.15, 0.2) is 59.6 Å². The van der Waals surface area contributed by atoms with Crippen LogP contribution in [0.1, 0.15) is 41.5 Å². The van der Waals surface area contributed by atoms with Gasteiger partial charge in [0, 0.05) is 16.0 Å². The van der Waals surface area contributed by atoms with Crippen molar-refractivity contribution >= 4 is 44.8 Å². The van der Waals surface area contributed by atoms with Crippen LogP contribution in [0.3, 0.4) is 0 Å². The number of rotatable bonds is 6. The van der Waals surface area contributed by atoms with E-state index < -0.39 is 0 Å². The summed E-state index contributed by atoms with van der Waals surface area (Å²) in [6, 6.07) is 16.3. The lowest BCUT2D eigenvalue weighted by molar-refractivity contribution is 0.768. The SMILES string of the molecule is CC(Nc1nc(CSc2ccccc2)nc2sc3c(c12)CCC3)c1nnc2ccccn12. The van der Waals surface area contributed by atoms with Crippen LogP contribution in [0.2, 0.25) is 0 Å². The fourth-order valence-electron chi connectivity index (χ4n) is 4.30. The van der Waals surface area contributed by atoms with Gasteiger partial charge in [-0.2, -0.15) is 0 Å². The number of nitrogens with one attached hydrogen (secondary N) is 1. The fraction of sp³-hybridized carbons (Fsp3) is 0.250. The molecule has 1 aromatic carbocycles. The number of nitrogens with zero attached hydrogens (tertiary/aromatic N) is 5. The van der Waals surface area contributed by atoms with Gasteiger partial charge in [-0.25, -0.2) is 9.97 Å². The highest BCUT2D eigenvalue weighted by atomic mass is 32.2. The second-order valence-electron chi connectivity index (χ2n) is 7.98. The standard InChI is InChI=1S/C24H22N6S2/c1-15(23-29-28-20-12-5-6-13-30(20)23)25-22-21-17-10-7-11-18(17)32-24(21)27-19(26-22)14-31-16-8-3-2-4-9-16/h2-6,8-9,12-13,15H,7,10-11,14H2,1H3,(H,25,26,27). The lowest BCUT2D eigenvalue weighted by Gasteiger charge is -2.15. The zero-order valence-electron chi connectivity index (χ0n) is 17.7. The Labute approximate surface area is 194 Å². The second-order valence-corrected chi connectivity index (χ2v) is 10.1. The number of pyridine rings is 1. The van der Waals surface area contributed by atoms with Crippen molar-refractivity contribution < 1.29 is 0 Å². The van der Waals surface area contributed by atoms with Crippen molar-refractivity contribution in [3.05, 3.63) is 76.8 Å². The molecule has 1 aliphatic carbocycles. The Hall–Kier alpha value is -2.97. The summed E-state index contributed by atoms with van der Waals surface area (Å²) in [4.78, 5) is 13.7. The van der Waals surface area contributed by atoms with Gasteiger partial charge in [0.05, 0.1) is 17.2 Å². The Kier molecular flexibility index (Phi) is 5.04. The van der Waals surface area contributed by atoms with E-state index in [0.717, 1.165) is 46.5 Å². The van der Waals surface area contributed by atoms with Crippen molar-refractivity contribution in [3.8, 4) is 0 Å². The summed E-state index contributed by atoms with van der Waals surface area (Å²) in [7, 11) is 0. The Morgan fingerprint density at radius 1 is 1.06 bits per heavy atom. The third-order valence-corrected chi connectivity index (χ3v) is 8.00. The van der Waals surface area contributed by atoms with E-state index in [9.17, 15) is 0 Å². The Bertz CT molecular complexity index is 1410. The third kappa shape index (κ3) is 3.53. The van der Waals surface area contributed by atoms with Crippen LogP contribution in [0.25, 0.3) is 15.9 Å². The van der Waals surface area contributed by atoms with Gasteiger partial charge < -0.3 is 5.32 Å². The van der Waals surface area contributed by atoms with Gasteiger partial charge in [0.2, 0.25) is 0 Å². The molecule has 1 aliphatic rings. The average molecular weight is 459 g/mol. The van der Waals surface area contributed by atoms with Crippen LogP contribution in [0.4, 0.5) is 5.82 Å². The molecule has 32 heavy (non-hydrogen) atoms. The highest BCUT2D eigenvalue weighted by Crippen LogP contribution is 2.40. The van der Waals surface area contributed by atoms with Gasteiger partial charge in [-0.3, -0.25) is 4.40 Å². The van der Waals surface area contributed by atoms with Gasteiger partial charge in [0.1, 0.15) is 16.5 Å². The van der Waals surface area contributed by atoms with E-state index in [1.165, 1.54) is 27.1 Å². The Balaban J connectivity index is 1.37. The summed E-state index contributed by atoms with van der Waals surface area (Å²) in [6.07, 6.45) is 5.47. The number of thiophene rings is 1. The first-order valence-electron chi connectivity index (χ1n) is 10.8. The molecule has 4 heterocycles. The minimum atomic E-state index is -0.0444. The van der Waals surface area contributed by atoms with Gasteiger partial charge in [-0.05, 0) is 56.0 Å². The third-order valence-electron chi connectivity index (χ3n) is 5.80. The van der Waals surface area contributed by atoms with E-state index in [-0.39, 0.29) is 6.04 Å². The van der Waals surface area contributed by atoms with Crippen molar-refractivity contribution in [3.63, 3.8) is 0 Å². The van der Waals surface area contributed by atoms with E-state index in [1.54, 1.807) is 11.8 Å². The summed E-state index contributed by atoms with van der Waals surface area (Å²) in [5.41, 5.74) is 2.27. The molecular formula is C24H22N6S2. The summed E-state index contributed by atoms with van der Waals surface area (Å²) < 4.78 is 2.03. The van der Waals surface area contributed by atoms with E-state index in [2.05, 4.69) is 46.7 Å². The first-order valence-corrected chi connectivity index (χ1v) is 12.6. The van der Waals surface area contributed by atoms with Crippen molar-refractivity contribution in [1.82, 2.24) is 24.6 Å². The van der Waals surface area contributed by atoms with Crippen LogP contribution >= 0.6 is 23.1 Å². The van der Waals surface area contributed by atoms with E-state index in [4.69, 9.17) is 9.97 Å². The molecule has 6 rings (SSSR count). The molecule has 0 spiro atoms. The molecule has 4 aromatic heterocycles. The van der Waals surface area contributed by atoms with Crippen LogP contribution in [0, 0.1) is 0 Å². The van der Waals surface area contributed by atoms with Crippen LogP contribution in [-0.2, 0) is 18.6 Å². The summed E-state index contributed by atoms with van der Waals surface area (Å²) in [5, 5.41) is 13.6. The van der Waals surface area contributed by atoms with Crippen LogP contribution < -0.4 is 5.32 Å². The quantitative estimate of drug-likeness (QED) is 0.330. The van der Waals surface area contributed by atoms with E-state index in [1.807, 2.05) is 46.2 Å². The lowest BCUT2D eigenvalue weighted by Crippen LogP contribution is -2.13. The maximum atomic E-state index is 5.00. The Morgan fingerprint density at radius 3 is 2.84 bits per heavy atom. The predicted octanol–water partition coefficient (Wildman–Crippen LogP) is 5.69. The Morgan fingerprint density at radius 2 is 1.94 bits per heavy atom. The molecule has 8 heteroatoms. The number of hydrogen-bond donors (Lipinski definition) is 1. The molecule has 5 aromatic rings. The zero-order chi connectivity index (χ0) is 21.5. The highest BCUT2D eigenvalue weighted by molar-refractivity contribution is 7.98. The summed E-state index contributed by atoms with van der Waals surface area (Å²) >= 11 is 3.60. The average Bonchev–Trinajstić information content (AvgIpc) is 3.52. The van der Waals surface area contributed by atoms with Crippen molar-refractivity contribution in [2.24, 2.45) is 0 Å². The van der Waals surface area contributed by atoms with E-state index >= 15 is 0 Å². The summed E-state index contributed by atoms with van der Waals surface area (Å²) in [6.45, 7) is 2.11. The molecule has 0 saturated heterocycles. The molecule has 0 aliphatic heterocycles. The smallest absolute Gasteiger partial charge is 0.160 e. The molecule has 0 amide bonds. The summed E-state index contributed by atoms with van der Waals surface area (Å²) in [5.74, 6) is 3.38. The van der Waals surface area contributed by atoms with Crippen molar-refractivity contribution in [2.45, 2.75) is 42.9 Å². The molecular weight excluding hydrogens is 436 g/mol. The highest BCUT2D eigenvalue weighted by Gasteiger charge is 2.24. The second kappa shape index (κ2) is 8.18. The number of anilines is 1. The number of aromatic nitrogens is 5. The van der Waals surface area contributed by atoms with Crippen LogP contribution in [0.5, 0.6) is 0 Å². The van der Waals surface area contributed by atoms with Crippen molar-refractivity contribution in [1.29, 1.82) is 0 Å². The molecule has 0 bridgehead atoms. The molecule has 1 atom stereocenters. The largest absolute Gasteiger partial charge is 0.360 e. The molecule has 0 radical (unpaired) electrons. The van der Waals surface area contributed by atoms with Gasteiger partial charge in [0.25, 0.3) is 0 Å². The molecule has 160 valence electrons. The number of benzene rings is 1. The minimum Gasteiger partial charge on any atom is -0.360 e. The lowest BCUT2D eigenvalue weighted by atomic mass is 10.2. The molecule has 0 fully saturated rings. The molecule has 0 saturated carbocycles. The van der Waals surface area contributed by atoms with Gasteiger partial charge in [-0.1, -0.05) is 24.3 Å². The number of hydrogen-bond acceptors (Lipinski definition) is 7. The number of fused-ring (bicyclic) bond motifs is 4. The maximum Gasteiger partial charge on any atom is 0.160 e. The van der Waals surface area contributed by atoms with Gasteiger partial charge in [0.15, 0.2) is 11.5 Å². The number of thioether (sulfide) groups is 1. The minimum absolute atomic E-state index is 0.0444. The molecule has 6 nitrogen and oxygen atoms in total. The number of aryl methyl sites for hydroxylation is 2. The van der Waals surface area contributed by atoms with Gasteiger partial charge in [-0.15, -0.1) is 33.3 Å². The zero-order valence-corrected chi connectivity index (χ0v) is 19.3. The topological polar surface area (TPSA) is 68.0 Å².